The molecule has 26 heavy (non-hydrogen) atoms. The Kier molecular flexibility index (Phi) is 5.13. The highest BCUT2D eigenvalue weighted by Crippen LogP contribution is 2.30. The molecule has 3 rings (SSSR count). The van der Waals surface area contributed by atoms with Crippen molar-refractivity contribution in [1.29, 1.82) is 0 Å². The Labute approximate surface area is 153 Å². The molecular weight excluding hydrogens is 338 g/mol. The van der Waals surface area contributed by atoms with E-state index in [1.807, 2.05) is 20.8 Å². The molecule has 1 fully saturated rings. The van der Waals surface area contributed by atoms with E-state index in [1.54, 1.807) is 17.0 Å². The van der Waals surface area contributed by atoms with Crippen molar-refractivity contribution in [1.82, 2.24) is 9.88 Å². The second-order valence-electron chi connectivity index (χ2n) is 7.74. The fraction of sp³-hybridized carbons (Fsp3) is 0.667. The van der Waals surface area contributed by atoms with Gasteiger partial charge in [0.25, 0.3) is 5.88 Å². The van der Waals surface area contributed by atoms with Crippen LogP contribution in [0.5, 0.6) is 11.6 Å². The quantitative estimate of drug-likeness (QED) is 0.846. The summed E-state index contributed by atoms with van der Waals surface area (Å²) in [5.41, 5.74) is -1.41. The van der Waals surface area contributed by atoms with Gasteiger partial charge in [-0.2, -0.15) is 4.98 Å². The largest absolute Gasteiger partial charge is 0.484 e. The van der Waals surface area contributed by atoms with Crippen molar-refractivity contribution in [3.63, 3.8) is 0 Å². The average Bonchev–Trinajstić information content (AvgIpc) is 2.59. The second-order valence-corrected chi connectivity index (χ2v) is 7.74. The molecule has 2 aliphatic rings. The molecule has 0 unspecified atom stereocenters. The van der Waals surface area contributed by atoms with E-state index in [1.165, 1.54) is 0 Å². The van der Waals surface area contributed by atoms with E-state index in [2.05, 4.69) is 10.3 Å². The average molecular weight is 365 g/mol. The predicted octanol–water partition coefficient (Wildman–Crippen LogP) is 2.03. The van der Waals surface area contributed by atoms with Gasteiger partial charge >= 0.3 is 6.09 Å². The summed E-state index contributed by atoms with van der Waals surface area (Å²) < 4.78 is 16.3. The lowest BCUT2D eigenvalue weighted by Gasteiger charge is -2.38. The number of nitrogens with zero attached hydrogens (tertiary/aromatic N) is 2. The number of rotatable bonds is 3. The van der Waals surface area contributed by atoms with Crippen molar-refractivity contribution in [2.75, 3.05) is 38.2 Å². The van der Waals surface area contributed by atoms with Gasteiger partial charge in [0.1, 0.15) is 24.6 Å². The van der Waals surface area contributed by atoms with Crippen molar-refractivity contribution in [2.24, 2.45) is 0 Å². The number of pyridine rings is 1. The zero-order valence-electron chi connectivity index (χ0n) is 15.6. The van der Waals surface area contributed by atoms with E-state index in [4.69, 9.17) is 14.2 Å². The maximum absolute atomic E-state index is 12.1. The molecule has 3 heterocycles. The number of amides is 1. The number of fused-ring (bicyclic) bond motifs is 1. The van der Waals surface area contributed by atoms with Gasteiger partial charge in [0.2, 0.25) is 0 Å². The molecule has 1 amide bonds. The van der Waals surface area contributed by atoms with Gasteiger partial charge in [0.15, 0.2) is 5.75 Å². The summed E-state index contributed by atoms with van der Waals surface area (Å²) >= 11 is 0. The molecule has 1 aromatic rings. The predicted molar refractivity (Wildman–Crippen MR) is 95.7 cm³/mol. The lowest BCUT2D eigenvalue weighted by molar-refractivity contribution is -0.0245. The topological polar surface area (TPSA) is 93.2 Å². The van der Waals surface area contributed by atoms with Crippen LogP contribution in [0.3, 0.4) is 0 Å². The number of hydrogen-bond donors (Lipinski definition) is 2. The number of carbonyl (C=O) groups is 1. The van der Waals surface area contributed by atoms with Crippen LogP contribution >= 0.6 is 0 Å². The summed E-state index contributed by atoms with van der Waals surface area (Å²) in [6, 6.07) is 3.60. The van der Waals surface area contributed by atoms with Gasteiger partial charge < -0.3 is 29.5 Å². The first-order chi connectivity index (χ1) is 12.2. The number of aliphatic hydroxyl groups is 1. The number of anilines is 1. The van der Waals surface area contributed by atoms with Crippen molar-refractivity contribution < 1.29 is 24.1 Å². The monoisotopic (exact) mass is 365 g/mol. The lowest BCUT2D eigenvalue weighted by atomic mass is 9.91. The van der Waals surface area contributed by atoms with Gasteiger partial charge in [-0.05, 0) is 45.7 Å². The van der Waals surface area contributed by atoms with E-state index in [-0.39, 0.29) is 6.09 Å². The van der Waals surface area contributed by atoms with E-state index in [0.717, 1.165) is 0 Å². The van der Waals surface area contributed by atoms with Crippen molar-refractivity contribution in [3.05, 3.63) is 12.1 Å². The molecule has 0 aliphatic carbocycles. The zero-order valence-corrected chi connectivity index (χ0v) is 15.6. The van der Waals surface area contributed by atoms with Crippen LogP contribution < -0.4 is 14.8 Å². The van der Waals surface area contributed by atoms with Crippen molar-refractivity contribution >= 4 is 11.9 Å². The molecule has 0 aromatic carbocycles. The van der Waals surface area contributed by atoms with Crippen molar-refractivity contribution in [3.8, 4) is 11.6 Å². The molecule has 2 N–H and O–H groups in total. The summed E-state index contributed by atoms with van der Waals surface area (Å²) in [4.78, 5) is 18.1. The number of hydrogen-bond acceptors (Lipinski definition) is 7. The molecule has 0 bridgehead atoms. The molecule has 0 radical (unpaired) electrons. The highest BCUT2D eigenvalue weighted by Gasteiger charge is 2.35. The first-order valence-corrected chi connectivity index (χ1v) is 8.95. The third-order valence-electron chi connectivity index (χ3n) is 4.35. The first kappa shape index (κ1) is 18.6. The smallest absolute Gasteiger partial charge is 0.410 e. The van der Waals surface area contributed by atoms with E-state index < -0.39 is 11.2 Å². The summed E-state index contributed by atoms with van der Waals surface area (Å²) in [5, 5.41) is 13.9. The van der Waals surface area contributed by atoms with Gasteiger partial charge in [-0.3, -0.25) is 0 Å². The first-order valence-electron chi connectivity index (χ1n) is 8.95. The van der Waals surface area contributed by atoms with E-state index >= 15 is 0 Å². The number of ether oxygens (including phenoxy) is 3. The van der Waals surface area contributed by atoms with Crippen LogP contribution in [0.2, 0.25) is 0 Å². The van der Waals surface area contributed by atoms with Crippen LogP contribution in [-0.2, 0) is 4.74 Å². The third-order valence-corrected chi connectivity index (χ3v) is 4.35. The number of carbonyl (C=O) groups excluding carboxylic acids is 1. The third kappa shape index (κ3) is 4.69. The minimum atomic E-state index is -0.895. The lowest BCUT2D eigenvalue weighted by Crippen LogP contribution is -2.50. The zero-order chi connectivity index (χ0) is 18.8. The molecule has 1 saturated heterocycles. The van der Waals surface area contributed by atoms with Crippen LogP contribution in [0.25, 0.3) is 0 Å². The Morgan fingerprint density at radius 1 is 1.31 bits per heavy atom. The van der Waals surface area contributed by atoms with E-state index in [9.17, 15) is 9.90 Å². The van der Waals surface area contributed by atoms with Gasteiger partial charge in [0, 0.05) is 19.6 Å². The van der Waals surface area contributed by atoms with Gasteiger partial charge in [0.05, 0.1) is 5.60 Å². The SMILES string of the molecule is CC(C)(C)OC(=O)N1CCC(O)(CNc2ccc3c(n2)OCCO3)CC1. The standard InChI is InChI=1S/C18H27N3O5/c1-17(2,3)26-16(22)21-8-6-18(23,7-9-21)12-19-14-5-4-13-15(20-14)25-11-10-24-13/h4-5,23H,6-12H2,1-3H3,(H,19,20). The summed E-state index contributed by atoms with van der Waals surface area (Å²) in [5.74, 6) is 1.72. The molecular formula is C18H27N3O5. The minimum Gasteiger partial charge on any atom is -0.484 e. The van der Waals surface area contributed by atoms with Gasteiger partial charge in [-0.25, -0.2) is 4.79 Å². The summed E-state index contributed by atoms with van der Waals surface area (Å²) in [6.07, 6.45) is 0.620. The second kappa shape index (κ2) is 7.19. The normalized spacial score (nSPS) is 19.0. The number of piperidine rings is 1. The Hall–Kier alpha value is -2.22. The summed E-state index contributed by atoms with van der Waals surface area (Å²) in [7, 11) is 0. The maximum Gasteiger partial charge on any atom is 0.410 e. The number of likely N-dealkylation sites (tertiary alicyclic amines) is 1. The fourth-order valence-electron chi connectivity index (χ4n) is 2.89. The number of aromatic nitrogens is 1. The molecule has 0 saturated carbocycles. The number of nitrogens with one attached hydrogen (secondary N) is 1. The van der Waals surface area contributed by atoms with Gasteiger partial charge in [-0.15, -0.1) is 0 Å². The molecule has 8 heteroatoms. The van der Waals surface area contributed by atoms with Crippen LogP contribution in [0.15, 0.2) is 12.1 Å². The molecule has 0 spiro atoms. The maximum atomic E-state index is 12.1. The Bertz CT molecular complexity index is 651. The van der Waals surface area contributed by atoms with Crippen molar-refractivity contribution in [2.45, 2.75) is 44.8 Å². The van der Waals surface area contributed by atoms with E-state index in [0.29, 0.717) is 63.1 Å². The summed E-state index contributed by atoms with van der Waals surface area (Å²) in [6.45, 7) is 7.80. The highest BCUT2D eigenvalue weighted by molar-refractivity contribution is 5.68. The fourth-order valence-corrected chi connectivity index (χ4v) is 2.89. The minimum absolute atomic E-state index is 0.332. The Morgan fingerprint density at radius 3 is 2.69 bits per heavy atom. The van der Waals surface area contributed by atoms with Crippen LogP contribution in [0, 0.1) is 0 Å². The van der Waals surface area contributed by atoms with Crippen LogP contribution in [0.4, 0.5) is 10.6 Å². The Morgan fingerprint density at radius 2 is 2.00 bits per heavy atom. The molecule has 8 nitrogen and oxygen atoms in total. The molecule has 1 aromatic heterocycles. The van der Waals surface area contributed by atoms with Gasteiger partial charge in [-0.1, -0.05) is 0 Å². The molecule has 144 valence electrons. The van der Waals surface area contributed by atoms with Crippen LogP contribution in [-0.4, -0.2) is 65.1 Å². The van der Waals surface area contributed by atoms with Crippen LogP contribution in [0.1, 0.15) is 33.6 Å². The highest BCUT2D eigenvalue weighted by atomic mass is 16.6. The molecule has 2 aliphatic heterocycles. The Balaban J connectivity index is 1.51. The molecule has 0 atom stereocenters.